The van der Waals surface area contributed by atoms with Crippen molar-refractivity contribution in [3.05, 3.63) is 54.1 Å². The summed E-state index contributed by atoms with van der Waals surface area (Å²) in [7, 11) is 0. The van der Waals surface area contributed by atoms with Crippen molar-refractivity contribution in [1.29, 1.82) is 0 Å². The number of aliphatic hydroxyl groups is 1. The number of para-hydroxylation sites is 1. The van der Waals surface area contributed by atoms with Crippen LogP contribution < -0.4 is 19.5 Å². The van der Waals surface area contributed by atoms with Gasteiger partial charge in [-0.2, -0.15) is 0 Å². The van der Waals surface area contributed by atoms with Crippen LogP contribution in [0.1, 0.15) is 5.56 Å². The zero-order valence-electron chi connectivity index (χ0n) is 12.3. The first-order valence-electron chi connectivity index (χ1n) is 7.37. The van der Waals surface area contributed by atoms with E-state index in [1.165, 1.54) is 0 Å². The van der Waals surface area contributed by atoms with E-state index in [2.05, 4.69) is 5.32 Å². The molecule has 2 aromatic carbocycles. The molecule has 22 heavy (non-hydrogen) atoms. The number of hydrogen-bond donors (Lipinski definition) is 2. The van der Waals surface area contributed by atoms with Gasteiger partial charge in [0.1, 0.15) is 31.5 Å². The van der Waals surface area contributed by atoms with Crippen LogP contribution in [-0.2, 0) is 6.54 Å². The van der Waals surface area contributed by atoms with E-state index in [1.807, 2.05) is 48.5 Å². The van der Waals surface area contributed by atoms with Gasteiger partial charge in [0.05, 0.1) is 0 Å². The monoisotopic (exact) mass is 302 g/mol. The molecule has 5 nitrogen and oxygen atoms in total. The molecule has 0 fully saturated rings. The highest BCUT2D eigenvalue weighted by molar-refractivity contribution is 5.44. The van der Waals surface area contributed by atoms with E-state index in [0.29, 0.717) is 13.2 Å². The molecule has 1 heterocycles. The van der Waals surface area contributed by atoms with Crippen molar-refractivity contribution in [1.82, 2.24) is 0 Å². The SMILES string of the molecule is O[C@@H](C[NH2+]Cc1ccc2c(c1)OCO2)COc1ccccc1. The van der Waals surface area contributed by atoms with Crippen molar-refractivity contribution >= 4 is 0 Å². The number of ether oxygens (including phenoxy) is 3. The van der Waals surface area contributed by atoms with Crippen molar-refractivity contribution in [2.24, 2.45) is 0 Å². The lowest BCUT2D eigenvalue weighted by Crippen LogP contribution is -2.85. The normalized spacial score (nSPS) is 13.9. The molecule has 116 valence electrons. The minimum atomic E-state index is -0.505. The van der Waals surface area contributed by atoms with Gasteiger partial charge in [0.2, 0.25) is 6.79 Å². The van der Waals surface area contributed by atoms with Crippen LogP contribution >= 0.6 is 0 Å². The predicted octanol–water partition coefficient (Wildman–Crippen LogP) is 0.919. The molecule has 2 aromatic rings. The first-order chi connectivity index (χ1) is 10.8. The summed E-state index contributed by atoms with van der Waals surface area (Å²) in [5.74, 6) is 2.36. The second-order valence-corrected chi connectivity index (χ2v) is 5.19. The summed E-state index contributed by atoms with van der Waals surface area (Å²) in [5.41, 5.74) is 1.14. The first kappa shape index (κ1) is 14.7. The first-order valence-corrected chi connectivity index (χ1v) is 7.37. The van der Waals surface area contributed by atoms with E-state index in [0.717, 1.165) is 29.4 Å². The van der Waals surface area contributed by atoms with Gasteiger partial charge < -0.3 is 24.6 Å². The van der Waals surface area contributed by atoms with E-state index >= 15 is 0 Å². The van der Waals surface area contributed by atoms with E-state index in [4.69, 9.17) is 14.2 Å². The molecule has 1 aliphatic rings. The smallest absolute Gasteiger partial charge is 0.231 e. The van der Waals surface area contributed by atoms with E-state index in [1.54, 1.807) is 0 Å². The Morgan fingerprint density at radius 3 is 2.77 bits per heavy atom. The van der Waals surface area contributed by atoms with Crippen LogP contribution in [0.5, 0.6) is 17.2 Å². The van der Waals surface area contributed by atoms with Gasteiger partial charge in [0.15, 0.2) is 11.5 Å². The van der Waals surface area contributed by atoms with Gasteiger partial charge in [-0.3, -0.25) is 0 Å². The van der Waals surface area contributed by atoms with Crippen LogP contribution in [0.2, 0.25) is 0 Å². The number of hydrogen-bond acceptors (Lipinski definition) is 4. The molecule has 3 rings (SSSR count). The molecule has 0 unspecified atom stereocenters. The summed E-state index contributed by atoms with van der Waals surface area (Å²) < 4.78 is 16.2. The zero-order chi connectivity index (χ0) is 15.2. The molecular formula is C17H20NO4+. The van der Waals surface area contributed by atoms with Gasteiger partial charge >= 0.3 is 0 Å². The number of benzene rings is 2. The Labute approximate surface area is 129 Å². The summed E-state index contributed by atoms with van der Waals surface area (Å²) in [6.07, 6.45) is -0.505. The Kier molecular flexibility index (Phi) is 4.78. The lowest BCUT2D eigenvalue weighted by Gasteiger charge is -2.11. The van der Waals surface area contributed by atoms with Crippen LogP contribution in [0.3, 0.4) is 0 Å². The van der Waals surface area contributed by atoms with Gasteiger partial charge in [0, 0.05) is 5.56 Å². The van der Waals surface area contributed by atoms with Gasteiger partial charge in [-0.05, 0) is 30.3 Å². The van der Waals surface area contributed by atoms with Crippen molar-refractivity contribution in [2.75, 3.05) is 19.9 Å². The summed E-state index contributed by atoms with van der Waals surface area (Å²) in [5, 5.41) is 12.0. The Hall–Kier alpha value is -2.24. The highest BCUT2D eigenvalue weighted by Gasteiger charge is 2.14. The Bertz CT molecular complexity index is 603. The van der Waals surface area contributed by atoms with Gasteiger partial charge in [-0.15, -0.1) is 0 Å². The topological polar surface area (TPSA) is 64.5 Å². The maximum absolute atomic E-state index is 9.94. The largest absolute Gasteiger partial charge is 0.491 e. The van der Waals surface area contributed by atoms with Crippen LogP contribution in [0.25, 0.3) is 0 Å². The number of fused-ring (bicyclic) bond motifs is 1. The third-order valence-electron chi connectivity index (χ3n) is 3.44. The average Bonchev–Trinajstić information content (AvgIpc) is 3.02. The maximum Gasteiger partial charge on any atom is 0.231 e. The van der Waals surface area contributed by atoms with Crippen LogP contribution in [0, 0.1) is 0 Å². The minimum Gasteiger partial charge on any atom is -0.491 e. The quantitative estimate of drug-likeness (QED) is 0.798. The zero-order valence-corrected chi connectivity index (χ0v) is 12.3. The Balaban J connectivity index is 1.39. The fourth-order valence-electron chi connectivity index (χ4n) is 2.29. The van der Waals surface area contributed by atoms with Crippen molar-refractivity contribution < 1.29 is 24.6 Å². The predicted molar refractivity (Wildman–Crippen MR) is 81.0 cm³/mol. The molecule has 3 N–H and O–H groups in total. The summed E-state index contributed by atoms with van der Waals surface area (Å²) in [4.78, 5) is 0. The highest BCUT2D eigenvalue weighted by atomic mass is 16.7. The molecule has 0 bridgehead atoms. The maximum atomic E-state index is 9.94. The molecule has 0 aliphatic carbocycles. The van der Waals surface area contributed by atoms with Gasteiger partial charge in [0.25, 0.3) is 0 Å². The second-order valence-electron chi connectivity index (χ2n) is 5.19. The number of quaternary nitrogens is 1. The molecular weight excluding hydrogens is 282 g/mol. The van der Waals surface area contributed by atoms with Crippen molar-refractivity contribution in [3.63, 3.8) is 0 Å². The van der Waals surface area contributed by atoms with Crippen molar-refractivity contribution in [3.8, 4) is 17.2 Å². The fourth-order valence-corrected chi connectivity index (χ4v) is 2.29. The van der Waals surface area contributed by atoms with Crippen LogP contribution in [0.4, 0.5) is 0 Å². The Morgan fingerprint density at radius 2 is 1.91 bits per heavy atom. The van der Waals surface area contributed by atoms with E-state index < -0.39 is 6.10 Å². The summed E-state index contributed by atoms with van der Waals surface area (Å²) in [6.45, 7) is 1.94. The lowest BCUT2D eigenvalue weighted by atomic mass is 10.2. The number of rotatable bonds is 7. The third kappa shape index (κ3) is 3.90. The van der Waals surface area contributed by atoms with E-state index in [9.17, 15) is 5.11 Å². The fraction of sp³-hybridized carbons (Fsp3) is 0.294. The molecule has 5 heteroatoms. The molecule has 0 saturated heterocycles. The number of nitrogens with two attached hydrogens (primary N) is 1. The highest BCUT2D eigenvalue weighted by Crippen LogP contribution is 2.32. The Morgan fingerprint density at radius 1 is 1.09 bits per heavy atom. The minimum absolute atomic E-state index is 0.290. The van der Waals surface area contributed by atoms with Crippen LogP contribution in [-0.4, -0.2) is 31.2 Å². The molecule has 0 amide bonds. The van der Waals surface area contributed by atoms with E-state index in [-0.39, 0.29) is 6.79 Å². The van der Waals surface area contributed by atoms with Crippen LogP contribution in [0.15, 0.2) is 48.5 Å². The molecule has 0 aromatic heterocycles. The molecule has 0 saturated carbocycles. The molecule has 1 atom stereocenters. The molecule has 0 radical (unpaired) electrons. The molecule has 0 spiro atoms. The summed E-state index contributed by atoms with van der Waals surface area (Å²) in [6, 6.07) is 15.4. The lowest BCUT2D eigenvalue weighted by molar-refractivity contribution is -0.676. The number of aliphatic hydroxyl groups excluding tert-OH is 1. The average molecular weight is 302 g/mol. The molecule has 1 aliphatic heterocycles. The van der Waals surface area contributed by atoms with Crippen molar-refractivity contribution in [2.45, 2.75) is 12.6 Å². The van der Waals surface area contributed by atoms with Gasteiger partial charge in [-0.1, -0.05) is 18.2 Å². The standard InChI is InChI=1S/C17H19NO4/c19-14(11-20-15-4-2-1-3-5-15)10-18-9-13-6-7-16-17(8-13)22-12-21-16/h1-8,14,18-19H,9-12H2/p+1/t14-/m0/s1. The van der Waals surface area contributed by atoms with Gasteiger partial charge in [-0.25, -0.2) is 0 Å². The summed E-state index contributed by atoms with van der Waals surface area (Å²) >= 11 is 0. The third-order valence-corrected chi connectivity index (χ3v) is 3.44. The second kappa shape index (κ2) is 7.15.